The number of hydrogen-bond acceptors (Lipinski definition) is 7. The Labute approximate surface area is 184 Å². The third-order valence-corrected chi connectivity index (χ3v) is 7.89. The molecule has 2 aromatic heterocycles. The number of furan rings is 1. The Morgan fingerprint density at radius 3 is 2.58 bits per heavy atom. The number of piperazine rings is 1. The minimum absolute atomic E-state index is 0.0907. The molecule has 0 spiro atoms. The molecule has 1 aromatic carbocycles. The van der Waals surface area contributed by atoms with Gasteiger partial charge in [0.05, 0.1) is 23.3 Å². The summed E-state index contributed by atoms with van der Waals surface area (Å²) in [7, 11) is -3.73. The molecule has 1 amide bonds. The van der Waals surface area contributed by atoms with E-state index in [4.69, 9.17) is 4.42 Å². The Bertz CT molecular complexity index is 1190. The molecule has 1 saturated heterocycles. The summed E-state index contributed by atoms with van der Waals surface area (Å²) in [4.78, 5) is 30.4. The summed E-state index contributed by atoms with van der Waals surface area (Å²) < 4.78 is 32.6. The fraction of sp³-hybridized carbons (Fsp3) is 0.286. The second-order valence-electron chi connectivity index (χ2n) is 7.17. The Hall–Kier alpha value is -2.82. The Balaban J connectivity index is 1.37. The lowest BCUT2D eigenvalue weighted by Crippen LogP contribution is -2.50. The number of carbonyl (C=O) groups is 2. The van der Waals surface area contributed by atoms with Crippen molar-refractivity contribution in [2.75, 3.05) is 26.2 Å². The fourth-order valence-electron chi connectivity index (χ4n) is 3.37. The highest BCUT2D eigenvalue weighted by molar-refractivity contribution is 7.89. The molecule has 4 rings (SSSR count). The van der Waals surface area contributed by atoms with Crippen molar-refractivity contribution in [2.24, 2.45) is 0 Å². The molecule has 8 nitrogen and oxygen atoms in total. The number of ketones is 1. The van der Waals surface area contributed by atoms with Gasteiger partial charge in [0, 0.05) is 37.1 Å². The Morgan fingerprint density at radius 1 is 1.13 bits per heavy atom. The summed E-state index contributed by atoms with van der Waals surface area (Å²) in [6.07, 6.45) is 1.73. The number of carbonyl (C=O) groups excluding carboxylic acids is 2. The van der Waals surface area contributed by atoms with E-state index in [1.165, 1.54) is 34.7 Å². The van der Waals surface area contributed by atoms with Crippen LogP contribution in [0, 0.1) is 0 Å². The number of sulfonamides is 1. The van der Waals surface area contributed by atoms with E-state index in [0.717, 1.165) is 5.01 Å². The number of aromatic nitrogens is 1. The van der Waals surface area contributed by atoms with Gasteiger partial charge < -0.3 is 9.32 Å². The zero-order valence-electron chi connectivity index (χ0n) is 16.9. The summed E-state index contributed by atoms with van der Waals surface area (Å²) in [6, 6.07) is 9.63. The van der Waals surface area contributed by atoms with Crippen LogP contribution >= 0.6 is 11.3 Å². The number of nitrogens with zero attached hydrogens (tertiary/aromatic N) is 3. The lowest BCUT2D eigenvalue weighted by atomic mass is 10.2. The van der Waals surface area contributed by atoms with Crippen molar-refractivity contribution in [3.05, 3.63) is 59.3 Å². The first-order valence-corrected chi connectivity index (χ1v) is 12.0. The van der Waals surface area contributed by atoms with Crippen molar-refractivity contribution in [3.63, 3.8) is 0 Å². The number of amides is 1. The van der Waals surface area contributed by atoms with Gasteiger partial charge in [-0.05, 0) is 31.2 Å². The molecule has 10 heteroatoms. The highest BCUT2D eigenvalue weighted by Crippen LogP contribution is 2.25. The van der Waals surface area contributed by atoms with Crippen LogP contribution in [0.15, 0.2) is 57.4 Å². The first kappa shape index (κ1) is 21.4. The van der Waals surface area contributed by atoms with Crippen molar-refractivity contribution in [3.8, 4) is 10.8 Å². The third kappa shape index (κ3) is 4.60. The second-order valence-corrected chi connectivity index (χ2v) is 9.96. The molecule has 0 saturated carbocycles. The van der Waals surface area contributed by atoms with Gasteiger partial charge in [0.2, 0.25) is 15.9 Å². The maximum atomic E-state index is 12.9. The average molecular weight is 460 g/mol. The predicted molar refractivity (Wildman–Crippen MR) is 115 cm³/mol. The van der Waals surface area contributed by atoms with Crippen LogP contribution in [0.25, 0.3) is 10.8 Å². The Kier molecular flexibility index (Phi) is 6.03. The number of rotatable bonds is 6. The highest BCUT2D eigenvalue weighted by Gasteiger charge is 2.30. The van der Waals surface area contributed by atoms with Gasteiger partial charge in [-0.1, -0.05) is 12.1 Å². The lowest BCUT2D eigenvalue weighted by molar-refractivity contribution is -0.131. The van der Waals surface area contributed by atoms with Crippen molar-refractivity contribution in [1.82, 2.24) is 14.2 Å². The van der Waals surface area contributed by atoms with Gasteiger partial charge in [-0.15, -0.1) is 11.3 Å². The molecule has 0 unspecified atom stereocenters. The maximum Gasteiger partial charge on any atom is 0.243 e. The topological polar surface area (TPSA) is 101 Å². The monoisotopic (exact) mass is 459 g/mol. The zero-order valence-corrected chi connectivity index (χ0v) is 18.5. The van der Waals surface area contributed by atoms with Crippen LogP contribution in [0.3, 0.4) is 0 Å². The van der Waals surface area contributed by atoms with E-state index >= 15 is 0 Å². The van der Waals surface area contributed by atoms with Gasteiger partial charge in [0.15, 0.2) is 16.6 Å². The third-order valence-electron chi connectivity index (χ3n) is 5.09. The van der Waals surface area contributed by atoms with Gasteiger partial charge in [-0.2, -0.15) is 4.31 Å². The van der Waals surface area contributed by atoms with E-state index in [1.54, 1.807) is 29.4 Å². The molecule has 0 N–H and O–H groups in total. The molecule has 0 aliphatic carbocycles. The molecule has 1 aliphatic heterocycles. The van der Waals surface area contributed by atoms with Gasteiger partial charge >= 0.3 is 0 Å². The molecule has 0 bridgehead atoms. The highest BCUT2D eigenvalue weighted by atomic mass is 32.2. The summed E-state index contributed by atoms with van der Waals surface area (Å²) in [5.74, 6) is 0.382. The van der Waals surface area contributed by atoms with Crippen molar-refractivity contribution >= 4 is 33.1 Å². The van der Waals surface area contributed by atoms with Crippen molar-refractivity contribution < 1.29 is 22.4 Å². The molecule has 31 heavy (non-hydrogen) atoms. The molecule has 1 fully saturated rings. The van der Waals surface area contributed by atoms with E-state index in [2.05, 4.69) is 4.98 Å². The van der Waals surface area contributed by atoms with Crippen molar-refractivity contribution in [2.45, 2.75) is 18.2 Å². The van der Waals surface area contributed by atoms with Crippen LogP contribution < -0.4 is 0 Å². The van der Waals surface area contributed by atoms with Gasteiger partial charge in [-0.3, -0.25) is 9.59 Å². The molecule has 0 atom stereocenters. The quantitative estimate of drug-likeness (QED) is 0.526. The van der Waals surface area contributed by atoms with Gasteiger partial charge in [-0.25, -0.2) is 13.4 Å². The standard InChI is InChI=1S/C21H21N3O5S2/c1-15(25)16-4-2-5-18(12-16)31(27,28)24-9-7-23(8-10-24)20(26)13-17-14-30-21(22-17)19-6-3-11-29-19/h2-6,11-12,14H,7-10,13H2,1H3. The van der Waals surface area contributed by atoms with Crippen molar-refractivity contribution in [1.29, 1.82) is 0 Å². The molecule has 1 aliphatic rings. The van der Waals surface area contributed by atoms with E-state index in [9.17, 15) is 18.0 Å². The van der Waals surface area contributed by atoms with E-state index in [0.29, 0.717) is 30.1 Å². The predicted octanol–water partition coefficient (Wildman–Crippen LogP) is 2.68. The van der Waals surface area contributed by atoms with Crippen LogP contribution in [0.1, 0.15) is 23.0 Å². The Morgan fingerprint density at radius 2 is 1.90 bits per heavy atom. The summed E-state index contributed by atoms with van der Waals surface area (Å²) in [5.41, 5.74) is 1.02. The lowest BCUT2D eigenvalue weighted by Gasteiger charge is -2.34. The second kappa shape index (κ2) is 8.74. The minimum atomic E-state index is -3.73. The van der Waals surface area contributed by atoms with Crippen LogP contribution in [0.4, 0.5) is 0 Å². The van der Waals surface area contributed by atoms with Gasteiger partial charge in [0.1, 0.15) is 0 Å². The number of hydrogen-bond donors (Lipinski definition) is 0. The van der Waals surface area contributed by atoms with Crippen LogP contribution in [-0.2, 0) is 21.2 Å². The SMILES string of the molecule is CC(=O)c1cccc(S(=O)(=O)N2CCN(C(=O)Cc3csc(-c4ccco4)n3)CC2)c1. The molecule has 3 heterocycles. The molecule has 3 aromatic rings. The first-order chi connectivity index (χ1) is 14.8. The van der Waals surface area contributed by atoms with Crippen LogP contribution in [-0.4, -0.2) is 60.5 Å². The normalized spacial score (nSPS) is 15.2. The van der Waals surface area contributed by atoms with Crippen LogP contribution in [0.5, 0.6) is 0 Å². The first-order valence-electron chi connectivity index (χ1n) is 9.72. The molecular formula is C21H21N3O5S2. The molecule has 162 valence electrons. The summed E-state index contributed by atoms with van der Waals surface area (Å²) >= 11 is 1.41. The van der Waals surface area contributed by atoms with E-state index in [-0.39, 0.29) is 36.1 Å². The average Bonchev–Trinajstić information content (AvgIpc) is 3.46. The largest absolute Gasteiger partial charge is 0.462 e. The van der Waals surface area contributed by atoms with E-state index < -0.39 is 10.0 Å². The molecule has 0 radical (unpaired) electrons. The number of Topliss-reactive ketones (excluding diaryl/α,β-unsaturated/α-hetero) is 1. The van der Waals surface area contributed by atoms with Gasteiger partial charge in [0.25, 0.3) is 0 Å². The van der Waals surface area contributed by atoms with Crippen LogP contribution in [0.2, 0.25) is 0 Å². The summed E-state index contributed by atoms with van der Waals surface area (Å²) in [6.45, 7) is 2.41. The van der Waals surface area contributed by atoms with E-state index in [1.807, 2.05) is 11.4 Å². The number of benzene rings is 1. The zero-order chi connectivity index (χ0) is 22.0. The smallest absolute Gasteiger partial charge is 0.243 e. The molecular weight excluding hydrogens is 438 g/mol. The fourth-order valence-corrected chi connectivity index (χ4v) is 5.63. The maximum absolute atomic E-state index is 12.9. The minimum Gasteiger partial charge on any atom is -0.462 e. The summed E-state index contributed by atoms with van der Waals surface area (Å²) in [5, 5.41) is 2.55. The number of thiazole rings is 1.